The van der Waals surface area contributed by atoms with Crippen molar-refractivity contribution < 1.29 is 0 Å². The van der Waals surface area contributed by atoms with E-state index in [1.165, 1.54) is 5.69 Å². The second kappa shape index (κ2) is 6.58. The molecule has 0 amide bonds. The highest BCUT2D eigenvalue weighted by molar-refractivity contribution is 5.50. The molecule has 28 heavy (non-hydrogen) atoms. The van der Waals surface area contributed by atoms with Gasteiger partial charge in [-0.1, -0.05) is 0 Å². The van der Waals surface area contributed by atoms with E-state index in [1.54, 1.807) is 6.33 Å². The second-order valence-electron chi connectivity index (χ2n) is 8.06. The third kappa shape index (κ3) is 3.00. The molecule has 2 fully saturated rings. The highest BCUT2D eigenvalue weighted by atomic mass is 15.3. The summed E-state index contributed by atoms with van der Waals surface area (Å²) in [6.07, 6.45) is 3.56. The molecule has 0 bridgehead atoms. The Morgan fingerprint density at radius 1 is 0.786 bits per heavy atom. The molecule has 0 aliphatic carbocycles. The molecule has 5 rings (SSSR count). The normalized spacial score (nSPS) is 21.4. The summed E-state index contributed by atoms with van der Waals surface area (Å²) in [5.41, 5.74) is 4.46. The quantitative estimate of drug-likeness (QED) is 0.701. The van der Waals surface area contributed by atoms with Crippen LogP contribution in [0, 0.1) is 32.6 Å². The molecular formula is C21H25N7. The fourth-order valence-corrected chi connectivity index (χ4v) is 4.61. The van der Waals surface area contributed by atoms with Gasteiger partial charge in [-0.2, -0.15) is 5.10 Å². The molecule has 7 nitrogen and oxygen atoms in total. The second-order valence-corrected chi connectivity index (χ2v) is 8.06. The summed E-state index contributed by atoms with van der Waals surface area (Å²) in [5.74, 6) is 3.17. The van der Waals surface area contributed by atoms with E-state index < -0.39 is 0 Å². The number of anilines is 2. The van der Waals surface area contributed by atoms with Crippen LogP contribution in [-0.4, -0.2) is 50.9 Å². The maximum atomic E-state index is 4.55. The van der Waals surface area contributed by atoms with Crippen LogP contribution in [0.25, 0.3) is 5.82 Å². The first kappa shape index (κ1) is 17.2. The molecule has 5 heterocycles. The molecule has 7 heteroatoms. The Hall–Kier alpha value is -2.96. The van der Waals surface area contributed by atoms with Crippen LogP contribution in [-0.2, 0) is 0 Å². The summed E-state index contributed by atoms with van der Waals surface area (Å²) in [6.45, 7) is 10.4. The number of nitrogens with zero attached hydrogens (tertiary/aromatic N) is 7. The molecule has 2 aliphatic rings. The van der Waals surface area contributed by atoms with E-state index in [2.05, 4.69) is 68.0 Å². The van der Waals surface area contributed by atoms with Crippen LogP contribution in [0.3, 0.4) is 0 Å². The Morgan fingerprint density at radius 2 is 1.50 bits per heavy atom. The van der Waals surface area contributed by atoms with Gasteiger partial charge in [0.25, 0.3) is 0 Å². The van der Waals surface area contributed by atoms with Crippen LogP contribution in [0.5, 0.6) is 0 Å². The van der Waals surface area contributed by atoms with Gasteiger partial charge in [0.15, 0.2) is 5.82 Å². The van der Waals surface area contributed by atoms with Crippen LogP contribution in [0.4, 0.5) is 11.5 Å². The van der Waals surface area contributed by atoms with Crippen molar-refractivity contribution in [2.45, 2.75) is 20.8 Å². The monoisotopic (exact) mass is 375 g/mol. The van der Waals surface area contributed by atoms with Crippen molar-refractivity contribution >= 4 is 11.5 Å². The van der Waals surface area contributed by atoms with Crippen molar-refractivity contribution in [3.05, 3.63) is 53.9 Å². The van der Waals surface area contributed by atoms with Crippen molar-refractivity contribution in [3.63, 3.8) is 0 Å². The topological polar surface area (TPSA) is 63.0 Å². The van der Waals surface area contributed by atoms with E-state index in [0.29, 0.717) is 11.8 Å². The minimum Gasteiger partial charge on any atom is -0.371 e. The lowest BCUT2D eigenvalue weighted by atomic mass is 10.0. The van der Waals surface area contributed by atoms with Crippen molar-refractivity contribution in [1.29, 1.82) is 0 Å². The molecule has 2 atom stereocenters. The predicted octanol–water partition coefficient (Wildman–Crippen LogP) is 2.56. The van der Waals surface area contributed by atoms with Crippen molar-refractivity contribution in [2.24, 2.45) is 11.8 Å². The van der Waals surface area contributed by atoms with E-state index >= 15 is 0 Å². The number of hydrogen-bond acceptors (Lipinski definition) is 6. The fraction of sp³-hybridized carbons (Fsp3) is 0.429. The van der Waals surface area contributed by atoms with E-state index in [-0.39, 0.29) is 0 Å². The Kier molecular flexibility index (Phi) is 4.03. The summed E-state index contributed by atoms with van der Waals surface area (Å²) in [4.78, 5) is 18.2. The van der Waals surface area contributed by atoms with Crippen molar-refractivity contribution in [2.75, 3.05) is 36.0 Å². The molecule has 3 aromatic rings. The van der Waals surface area contributed by atoms with Crippen LogP contribution in [0.2, 0.25) is 0 Å². The third-order valence-corrected chi connectivity index (χ3v) is 5.92. The lowest BCUT2D eigenvalue weighted by molar-refractivity contribution is 0.533. The summed E-state index contributed by atoms with van der Waals surface area (Å²) < 4.78 is 1.89. The third-order valence-electron chi connectivity index (χ3n) is 5.92. The molecule has 0 aromatic carbocycles. The highest BCUT2D eigenvalue weighted by Crippen LogP contribution is 2.35. The lowest BCUT2D eigenvalue weighted by Crippen LogP contribution is -2.29. The van der Waals surface area contributed by atoms with Gasteiger partial charge in [-0.05, 0) is 39.0 Å². The van der Waals surface area contributed by atoms with E-state index in [9.17, 15) is 0 Å². The molecule has 0 N–H and O–H groups in total. The molecule has 0 saturated carbocycles. The largest absolute Gasteiger partial charge is 0.371 e. The van der Waals surface area contributed by atoms with Gasteiger partial charge in [0, 0.05) is 67.4 Å². The molecule has 2 unspecified atom stereocenters. The molecular weight excluding hydrogens is 350 g/mol. The summed E-state index contributed by atoms with van der Waals surface area (Å²) in [5, 5.41) is 4.55. The molecule has 144 valence electrons. The van der Waals surface area contributed by atoms with Gasteiger partial charge in [-0.3, -0.25) is 4.98 Å². The van der Waals surface area contributed by atoms with E-state index in [1.807, 2.05) is 17.8 Å². The zero-order chi connectivity index (χ0) is 19.3. The first-order chi connectivity index (χ1) is 13.6. The van der Waals surface area contributed by atoms with Crippen LogP contribution < -0.4 is 9.80 Å². The minimum atomic E-state index is 0.667. The van der Waals surface area contributed by atoms with Crippen LogP contribution in [0.15, 0.2) is 36.8 Å². The van der Waals surface area contributed by atoms with Gasteiger partial charge in [-0.15, -0.1) is 0 Å². The van der Waals surface area contributed by atoms with Gasteiger partial charge in [0.1, 0.15) is 12.1 Å². The Labute approximate surface area is 165 Å². The average molecular weight is 375 g/mol. The number of pyridine rings is 1. The number of fused-ring (bicyclic) bond motifs is 1. The van der Waals surface area contributed by atoms with E-state index in [4.69, 9.17) is 0 Å². The van der Waals surface area contributed by atoms with Gasteiger partial charge >= 0.3 is 0 Å². The smallest absolute Gasteiger partial charge is 0.159 e. The number of rotatable bonds is 3. The summed E-state index contributed by atoms with van der Waals surface area (Å²) in [7, 11) is 0. The Balaban J connectivity index is 1.32. The first-order valence-corrected chi connectivity index (χ1v) is 9.85. The Morgan fingerprint density at radius 3 is 2.18 bits per heavy atom. The molecule has 3 aromatic heterocycles. The zero-order valence-corrected chi connectivity index (χ0v) is 16.6. The highest BCUT2D eigenvalue weighted by Gasteiger charge is 2.40. The number of aryl methyl sites for hydroxylation is 3. The van der Waals surface area contributed by atoms with Crippen molar-refractivity contribution in [1.82, 2.24) is 24.7 Å². The van der Waals surface area contributed by atoms with Crippen molar-refractivity contribution in [3.8, 4) is 5.82 Å². The predicted molar refractivity (Wildman–Crippen MR) is 109 cm³/mol. The first-order valence-electron chi connectivity index (χ1n) is 9.85. The number of aromatic nitrogens is 5. The lowest BCUT2D eigenvalue weighted by Gasteiger charge is -2.24. The van der Waals surface area contributed by atoms with Gasteiger partial charge in [0.05, 0.1) is 5.69 Å². The zero-order valence-electron chi connectivity index (χ0n) is 16.6. The Bertz CT molecular complexity index is 997. The van der Waals surface area contributed by atoms with Crippen LogP contribution >= 0.6 is 0 Å². The molecule has 2 saturated heterocycles. The summed E-state index contributed by atoms with van der Waals surface area (Å²) >= 11 is 0. The maximum absolute atomic E-state index is 4.55. The molecule has 0 spiro atoms. The standard InChI is InChI=1S/C21H25N7/c1-14-7-19(4-5-22-14)26-9-17-11-27(12-18(17)10-26)20-8-21(24-13-23-20)28-16(3)6-15(2)25-28/h4-8,13,17-18H,9-12H2,1-3H3. The SMILES string of the molecule is Cc1cc(N2CC3CN(c4cc(-n5nc(C)cc5C)ncn4)CC3C2)ccn1. The summed E-state index contributed by atoms with van der Waals surface area (Å²) in [6, 6.07) is 8.43. The van der Waals surface area contributed by atoms with Gasteiger partial charge in [-0.25, -0.2) is 14.6 Å². The van der Waals surface area contributed by atoms with Gasteiger partial charge < -0.3 is 9.80 Å². The molecule has 0 radical (unpaired) electrons. The average Bonchev–Trinajstić information content (AvgIpc) is 3.34. The fourth-order valence-electron chi connectivity index (χ4n) is 4.61. The number of hydrogen-bond donors (Lipinski definition) is 0. The maximum Gasteiger partial charge on any atom is 0.159 e. The van der Waals surface area contributed by atoms with E-state index in [0.717, 1.165) is 54.9 Å². The minimum absolute atomic E-state index is 0.667. The van der Waals surface area contributed by atoms with Gasteiger partial charge in [0.2, 0.25) is 0 Å². The van der Waals surface area contributed by atoms with Crippen LogP contribution in [0.1, 0.15) is 17.1 Å². The molecule has 2 aliphatic heterocycles.